The van der Waals surface area contributed by atoms with Gasteiger partial charge in [-0.2, -0.15) is 0 Å². The van der Waals surface area contributed by atoms with Gasteiger partial charge >= 0.3 is 0 Å². The van der Waals surface area contributed by atoms with Gasteiger partial charge in [0.05, 0.1) is 4.47 Å². The van der Waals surface area contributed by atoms with Crippen molar-refractivity contribution < 1.29 is 9.13 Å². The van der Waals surface area contributed by atoms with E-state index in [1.165, 1.54) is 6.07 Å². The van der Waals surface area contributed by atoms with Gasteiger partial charge in [-0.05, 0) is 34.1 Å². The number of halogens is 2. The van der Waals surface area contributed by atoms with Crippen molar-refractivity contribution in [2.24, 2.45) is 0 Å². The monoisotopic (exact) mass is 295 g/mol. The van der Waals surface area contributed by atoms with Crippen molar-refractivity contribution in [1.82, 2.24) is 0 Å². The molecule has 0 atom stereocenters. The number of anilines is 1. The van der Waals surface area contributed by atoms with Crippen LogP contribution >= 0.6 is 15.9 Å². The van der Waals surface area contributed by atoms with E-state index in [9.17, 15) is 4.39 Å². The molecule has 2 aromatic carbocycles. The molecule has 0 aromatic heterocycles. The van der Waals surface area contributed by atoms with Gasteiger partial charge in [0.2, 0.25) is 0 Å². The van der Waals surface area contributed by atoms with Crippen LogP contribution in [0.15, 0.2) is 46.9 Å². The largest absolute Gasteiger partial charge is 0.488 e. The number of rotatable bonds is 3. The van der Waals surface area contributed by atoms with Crippen LogP contribution in [0.1, 0.15) is 5.56 Å². The van der Waals surface area contributed by atoms with E-state index in [1.807, 2.05) is 0 Å². The normalized spacial score (nSPS) is 10.2. The Labute approximate surface area is 107 Å². The minimum absolute atomic E-state index is 0.175. The Morgan fingerprint density at radius 1 is 1.18 bits per heavy atom. The molecule has 2 nitrogen and oxygen atoms in total. The van der Waals surface area contributed by atoms with Crippen LogP contribution in [0.5, 0.6) is 5.75 Å². The van der Waals surface area contributed by atoms with Gasteiger partial charge in [-0.1, -0.05) is 18.2 Å². The van der Waals surface area contributed by atoms with E-state index in [4.69, 9.17) is 10.5 Å². The first-order valence-corrected chi connectivity index (χ1v) is 5.87. The SMILES string of the molecule is Nc1ccc(Br)c(OCc2ccccc2F)c1. The molecule has 0 heterocycles. The highest BCUT2D eigenvalue weighted by Crippen LogP contribution is 2.27. The van der Waals surface area contributed by atoms with Gasteiger partial charge in [0.25, 0.3) is 0 Å². The van der Waals surface area contributed by atoms with E-state index >= 15 is 0 Å². The Balaban J connectivity index is 2.12. The summed E-state index contributed by atoms with van der Waals surface area (Å²) in [5, 5.41) is 0. The third kappa shape index (κ3) is 2.97. The van der Waals surface area contributed by atoms with Crippen LogP contribution in [0, 0.1) is 5.82 Å². The van der Waals surface area contributed by atoms with E-state index in [2.05, 4.69) is 15.9 Å². The predicted octanol–water partition coefficient (Wildman–Crippen LogP) is 3.75. The van der Waals surface area contributed by atoms with Crippen LogP contribution in [0.25, 0.3) is 0 Å². The van der Waals surface area contributed by atoms with Gasteiger partial charge < -0.3 is 10.5 Å². The number of nitrogens with two attached hydrogens (primary N) is 1. The summed E-state index contributed by atoms with van der Waals surface area (Å²) in [5.74, 6) is 0.334. The van der Waals surface area contributed by atoms with Crippen LogP contribution < -0.4 is 10.5 Å². The molecule has 0 aliphatic heterocycles. The maximum Gasteiger partial charge on any atom is 0.136 e. The molecule has 4 heteroatoms. The third-order valence-corrected chi connectivity index (χ3v) is 2.95. The lowest BCUT2D eigenvalue weighted by atomic mass is 10.2. The molecular weight excluding hydrogens is 285 g/mol. The minimum Gasteiger partial charge on any atom is -0.488 e. The quantitative estimate of drug-likeness (QED) is 0.875. The highest BCUT2D eigenvalue weighted by atomic mass is 79.9. The lowest BCUT2D eigenvalue weighted by molar-refractivity contribution is 0.298. The molecule has 0 saturated heterocycles. The molecule has 17 heavy (non-hydrogen) atoms. The van der Waals surface area contributed by atoms with Crippen LogP contribution in [0.4, 0.5) is 10.1 Å². The molecule has 0 amide bonds. The summed E-state index contributed by atoms with van der Waals surface area (Å²) in [7, 11) is 0. The summed E-state index contributed by atoms with van der Waals surface area (Å²) < 4.78 is 19.7. The Morgan fingerprint density at radius 3 is 2.71 bits per heavy atom. The van der Waals surface area contributed by atoms with E-state index in [0.717, 1.165) is 4.47 Å². The second kappa shape index (κ2) is 5.19. The average Bonchev–Trinajstić information content (AvgIpc) is 2.32. The van der Waals surface area contributed by atoms with Gasteiger partial charge in [0.15, 0.2) is 0 Å². The molecule has 2 rings (SSSR count). The first kappa shape index (κ1) is 11.9. The first-order valence-electron chi connectivity index (χ1n) is 5.08. The lowest BCUT2D eigenvalue weighted by Gasteiger charge is -2.09. The zero-order valence-corrected chi connectivity index (χ0v) is 10.6. The molecule has 0 bridgehead atoms. The topological polar surface area (TPSA) is 35.2 Å². The zero-order valence-electron chi connectivity index (χ0n) is 8.99. The summed E-state index contributed by atoms with van der Waals surface area (Å²) in [6.07, 6.45) is 0. The highest BCUT2D eigenvalue weighted by Gasteiger charge is 2.04. The van der Waals surface area contributed by atoms with Crippen LogP contribution in [0.2, 0.25) is 0 Å². The van der Waals surface area contributed by atoms with Gasteiger partial charge in [-0.3, -0.25) is 0 Å². The number of hydrogen-bond acceptors (Lipinski definition) is 2. The number of ether oxygens (including phenoxy) is 1. The fourth-order valence-corrected chi connectivity index (χ4v) is 1.76. The Kier molecular flexibility index (Phi) is 3.64. The first-order chi connectivity index (χ1) is 8.16. The molecule has 0 saturated carbocycles. The van der Waals surface area contributed by atoms with Crippen LogP contribution in [-0.4, -0.2) is 0 Å². The molecule has 2 N–H and O–H groups in total. The van der Waals surface area contributed by atoms with E-state index in [0.29, 0.717) is 17.0 Å². The fourth-order valence-electron chi connectivity index (χ4n) is 1.40. The van der Waals surface area contributed by atoms with E-state index in [-0.39, 0.29) is 12.4 Å². The Hall–Kier alpha value is -1.55. The molecule has 0 radical (unpaired) electrons. The second-order valence-corrected chi connectivity index (χ2v) is 4.42. The van der Waals surface area contributed by atoms with E-state index < -0.39 is 0 Å². The summed E-state index contributed by atoms with van der Waals surface area (Å²) in [6, 6.07) is 11.8. The van der Waals surface area contributed by atoms with E-state index in [1.54, 1.807) is 36.4 Å². The lowest BCUT2D eigenvalue weighted by Crippen LogP contribution is -1.99. The molecule has 0 unspecified atom stereocenters. The summed E-state index contributed by atoms with van der Waals surface area (Å²) in [5.41, 5.74) is 6.78. The summed E-state index contributed by atoms with van der Waals surface area (Å²) in [4.78, 5) is 0. The number of hydrogen-bond donors (Lipinski definition) is 1. The van der Waals surface area contributed by atoms with Crippen molar-refractivity contribution in [3.8, 4) is 5.75 Å². The summed E-state index contributed by atoms with van der Waals surface area (Å²) in [6.45, 7) is 0.175. The fraction of sp³-hybridized carbons (Fsp3) is 0.0769. The average molecular weight is 296 g/mol. The predicted molar refractivity (Wildman–Crippen MR) is 69.3 cm³/mol. The van der Waals surface area contributed by atoms with Gasteiger partial charge in [0, 0.05) is 17.3 Å². The van der Waals surface area contributed by atoms with Crippen LogP contribution in [-0.2, 0) is 6.61 Å². The van der Waals surface area contributed by atoms with Gasteiger partial charge in [-0.25, -0.2) is 4.39 Å². The van der Waals surface area contributed by atoms with Gasteiger partial charge in [-0.15, -0.1) is 0 Å². The smallest absolute Gasteiger partial charge is 0.136 e. The zero-order chi connectivity index (χ0) is 12.3. The maximum atomic E-state index is 13.4. The molecule has 88 valence electrons. The number of benzene rings is 2. The van der Waals surface area contributed by atoms with Crippen molar-refractivity contribution >= 4 is 21.6 Å². The molecule has 2 aromatic rings. The highest BCUT2D eigenvalue weighted by molar-refractivity contribution is 9.10. The Bertz CT molecular complexity index is 531. The van der Waals surface area contributed by atoms with Crippen molar-refractivity contribution in [2.75, 3.05) is 5.73 Å². The molecule has 0 fully saturated rings. The standard InChI is InChI=1S/C13H11BrFNO/c14-11-6-5-10(16)7-13(11)17-8-9-3-1-2-4-12(9)15/h1-7H,8,16H2. The third-order valence-electron chi connectivity index (χ3n) is 2.30. The van der Waals surface area contributed by atoms with Crippen molar-refractivity contribution in [1.29, 1.82) is 0 Å². The minimum atomic E-state index is -0.271. The maximum absolute atomic E-state index is 13.4. The summed E-state index contributed by atoms with van der Waals surface area (Å²) >= 11 is 3.35. The van der Waals surface area contributed by atoms with Gasteiger partial charge in [0.1, 0.15) is 18.2 Å². The number of nitrogen functional groups attached to an aromatic ring is 1. The second-order valence-electron chi connectivity index (χ2n) is 3.57. The Morgan fingerprint density at radius 2 is 1.94 bits per heavy atom. The van der Waals surface area contributed by atoms with Crippen molar-refractivity contribution in [2.45, 2.75) is 6.61 Å². The molecule has 0 spiro atoms. The molecule has 0 aliphatic carbocycles. The van der Waals surface area contributed by atoms with Crippen molar-refractivity contribution in [3.05, 3.63) is 58.3 Å². The molecular formula is C13H11BrFNO. The van der Waals surface area contributed by atoms with Crippen LogP contribution in [0.3, 0.4) is 0 Å². The van der Waals surface area contributed by atoms with Crippen molar-refractivity contribution in [3.63, 3.8) is 0 Å². The molecule has 0 aliphatic rings.